The molecule has 0 saturated carbocycles. The van der Waals surface area contributed by atoms with Gasteiger partial charge in [0.2, 0.25) is 0 Å². The van der Waals surface area contributed by atoms with E-state index < -0.39 is 23.5 Å². The Bertz CT molecular complexity index is 616. The van der Waals surface area contributed by atoms with Gasteiger partial charge in [0.1, 0.15) is 17.5 Å². The van der Waals surface area contributed by atoms with Crippen molar-refractivity contribution < 1.29 is 13.2 Å². The zero-order chi connectivity index (χ0) is 14.7. The Morgan fingerprint density at radius 2 is 1.75 bits per heavy atom. The fraction of sp³-hybridized carbons (Fsp3) is 0.200. The van der Waals surface area contributed by atoms with E-state index in [0.717, 1.165) is 0 Å². The Balaban J connectivity index is 2.37. The molecule has 0 bridgehead atoms. The van der Waals surface area contributed by atoms with Gasteiger partial charge in [-0.25, -0.2) is 13.2 Å². The summed E-state index contributed by atoms with van der Waals surface area (Å²) in [5.41, 5.74) is 0.316. The van der Waals surface area contributed by atoms with Gasteiger partial charge in [-0.05, 0) is 47.6 Å². The third kappa shape index (κ3) is 3.04. The first-order valence-corrected chi connectivity index (χ1v) is 6.88. The predicted octanol–water partition coefficient (Wildman–Crippen LogP) is 4.37. The molecule has 0 spiro atoms. The molecule has 2 rings (SSSR count). The van der Waals surface area contributed by atoms with Crippen LogP contribution in [-0.4, -0.2) is 7.05 Å². The molecule has 1 nitrogen and oxygen atoms in total. The van der Waals surface area contributed by atoms with Gasteiger partial charge in [-0.2, -0.15) is 0 Å². The highest BCUT2D eigenvalue weighted by molar-refractivity contribution is 9.10. The topological polar surface area (TPSA) is 12.0 Å². The number of benzene rings is 2. The highest BCUT2D eigenvalue weighted by Crippen LogP contribution is 2.27. The Kier molecular flexibility index (Phi) is 4.83. The van der Waals surface area contributed by atoms with Gasteiger partial charge < -0.3 is 5.32 Å². The van der Waals surface area contributed by atoms with Crippen LogP contribution in [0.4, 0.5) is 13.2 Å². The van der Waals surface area contributed by atoms with Gasteiger partial charge >= 0.3 is 0 Å². The first kappa shape index (κ1) is 15.1. The molecule has 2 aromatic rings. The molecule has 1 unspecified atom stereocenters. The molecular formula is C15H13BrF3N. The van der Waals surface area contributed by atoms with Gasteiger partial charge in [0.05, 0.1) is 4.47 Å². The average molecular weight is 344 g/mol. The van der Waals surface area contributed by atoms with Gasteiger partial charge in [0.25, 0.3) is 0 Å². The van der Waals surface area contributed by atoms with Gasteiger partial charge in [-0.3, -0.25) is 0 Å². The Morgan fingerprint density at radius 3 is 2.40 bits per heavy atom. The molecule has 0 aliphatic rings. The van der Waals surface area contributed by atoms with Crippen LogP contribution in [0, 0.1) is 17.5 Å². The molecule has 5 heteroatoms. The highest BCUT2D eigenvalue weighted by Gasteiger charge is 2.20. The first-order chi connectivity index (χ1) is 9.54. The maximum atomic E-state index is 14.0. The minimum absolute atomic E-state index is 0.0224. The van der Waals surface area contributed by atoms with Crippen molar-refractivity contribution in [1.29, 1.82) is 0 Å². The number of rotatable bonds is 4. The van der Waals surface area contributed by atoms with E-state index in [2.05, 4.69) is 21.2 Å². The second-order valence-electron chi connectivity index (χ2n) is 4.39. The molecule has 106 valence electrons. The maximum Gasteiger partial charge on any atom is 0.143 e. The standard InChI is InChI=1S/C15H13BrF3N/c1-20-14(9-4-2-3-5-12(9)17)8-10-13(18)7-6-11(16)15(10)19/h2-7,14,20H,8H2,1H3. The largest absolute Gasteiger partial charge is 0.313 e. The number of hydrogen-bond donors (Lipinski definition) is 1. The van der Waals surface area contributed by atoms with Gasteiger partial charge in [-0.1, -0.05) is 18.2 Å². The molecule has 0 aromatic heterocycles. The van der Waals surface area contributed by atoms with Crippen LogP contribution in [0.15, 0.2) is 40.9 Å². The molecule has 0 amide bonds. The summed E-state index contributed by atoms with van der Waals surface area (Å²) in [5, 5.41) is 2.89. The monoisotopic (exact) mass is 343 g/mol. The molecule has 2 aromatic carbocycles. The summed E-state index contributed by atoms with van der Waals surface area (Å²) < 4.78 is 41.7. The van der Waals surface area contributed by atoms with Crippen molar-refractivity contribution in [1.82, 2.24) is 5.32 Å². The zero-order valence-electron chi connectivity index (χ0n) is 10.8. The highest BCUT2D eigenvalue weighted by atomic mass is 79.9. The van der Waals surface area contributed by atoms with Crippen LogP contribution >= 0.6 is 15.9 Å². The van der Waals surface area contributed by atoms with E-state index >= 15 is 0 Å². The van der Waals surface area contributed by atoms with Crippen molar-refractivity contribution in [2.75, 3.05) is 7.05 Å². The lowest BCUT2D eigenvalue weighted by molar-refractivity contribution is 0.495. The normalized spacial score (nSPS) is 12.4. The van der Waals surface area contributed by atoms with Crippen molar-refractivity contribution in [3.05, 3.63) is 69.4 Å². The van der Waals surface area contributed by atoms with E-state index in [-0.39, 0.29) is 16.5 Å². The number of nitrogens with one attached hydrogen (secondary N) is 1. The first-order valence-electron chi connectivity index (χ1n) is 6.08. The molecule has 0 aliphatic heterocycles. The summed E-state index contributed by atoms with van der Waals surface area (Å²) >= 11 is 3.03. The van der Waals surface area contributed by atoms with Gasteiger partial charge in [0.15, 0.2) is 0 Å². The van der Waals surface area contributed by atoms with E-state index in [1.165, 1.54) is 18.2 Å². The molecule has 1 atom stereocenters. The number of hydrogen-bond acceptors (Lipinski definition) is 1. The lowest BCUT2D eigenvalue weighted by Gasteiger charge is -2.18. The summed E-state index contributed by atoms with van der Waals surface area (Å²) in [4.78, 5) is 0. The van der Waals surface area contributed by atoms with Crippen molar-refractivity contribution in [2.45, 2.75) is 12.5 Å². The third-order valence-corrected chi connectivity index (χ3v) is 3.79. The maximum absolute atomic E-state index is 14.0. The minimum Gasteiger partial charge on any atom is -0.313 e. The lowest BCUT2D eigenvalue weighted by Crippen LogP contribution is -2.21. The Hall–Kier alpha value is -1.33. The fourth-order valence-corrected chi connectivity index (χ4v) is 2.46. The van der Waals surface area contributed by atoms with E-state index in [4.69, 9.17) is 0 Å². The van der Waals surface area contributed by atoms with Crippen LogP contribution < -0.4 is 5.32 Å². The second-order valence-corrected chi connectivity index (χ2v) is 5.24. The molecule has 0 saturated heterocycles. The summed E-state index contributed by atoms with van der Waals surface area (Å²) in [6.07, 6.45) is 0.0224. The van der Waals surface area contributed by atoms with Crippen molar-refractivity contribution in [2.24, 2.45) is 0 Å². The molecule has 20 heavy (non-hydrogen) atoms. The lowest BCUT2D eigenvalue weighted by atomic mass is 9.98. The second kappa shape index (κ2) is 6.41. The predicted molar refractivity (Wildman–Crippen MR) is 76.0 cm³/mol. The zero-order valence-corrected chi connectivity index (χ0v) is 12.3. The third-order valence-electron chi connectivity index (χ3n) is 3.18. The SMILES string of the molecule is CNC(Cc1c(F)ccc(Br)c1F)c1ccccc1F. The van der Waals surface area contributed by atoms with Crippen LogP contribution in [0.25, 0.3) is 0 Å². The van der Waals surface area contributed by atoms with Crippen LogP contribution in [-0.2, 0) is 6.42 Å². The Morgan fingerprint density at radius 1 is 1.05 bits per heavy atom. The van der Waals surface area contributed by atoms with E-state index in [0.29, 0.717) is 5.56 Å². The Labute approximate surface area is 123 Å². The number of likely N-dealkylation sites (N-methyl/N-ethyl adjacent to an activating group) is 1. The summed E-state index contributed by atoms with van der Waals surface area (Å²) in [5.74, 6) is -1.69. The van der Waals surface area contributed by atoms with Crippen LogP contribution in [0.5, 0.6) is 0 Å². The van der Waals surface area contributed by atoms with Crippen LogP contribution in [0.3, 0.4) is 0 Å². The van der Waals surface area contributed by atoms with Gasteiger partial charge in [0, 0.05) is 17.2 Å². The smallest absolute Gasteiger partial charge is 0.143 e. The molecule has 0 heterocycles. The summed E-state index contributed by atoms with van der Waals surface area (Å²) in [6, 6.07) is 8.19. The van der Waals surface area contributed by atoms with Crippen molar-refractivity contribution >= 4 is 15.9 Å². The summed E-state index contributed by atoms with van der Waals surface area (Å²) in [6.45, 7) is 0. The summed E-state index contributed by atoms with van der Waals surface area (Å²) in [7, 11) is 1.63. The minimum atomic E-state index is -0.651. The van der Waals surface area contributed by atoms with Crippen LogP contribution in [0.1, 0.15) is 17.2 Å². The molecule has 0 radical (unpaired) electrons. The van der Waals surface area contributed by atoms with E-state index in [1.807, 2.05) is 0 Å². The molecular weight excluding hydrogens is 331 g/mol. The molecule has 1 N–H and O–H groups in total. The van der Waals surface area contributed by atoms with E-state index in [9.17, 15) is 13.2 Å². The number of halogens is 4. The van der Waals surface area contributed by atoms with Crippen molar-refractivity contribution in [3.8, 4) is 0 Å². The van der Waals surface area contributed by atoms with E-state index in [1.54, 1.807) is 25.2 Å². The molecule has 0 fully saturated rings. The molecule has 0 aliphatic carbocycles. The average Bonchev–Trinajstić information content (AvgIpc) is 2.45. The fourth-order valence-electron chi connectivity index (χ4n) is 2.09. The quantitative estimate of drug-likeness (QED) is 0.813. The van der Waals surface area contributed by atoms with Crippen LogP contribution in [0.2, 0.25) is 0 Å². The van der Waals surface area contributed by atoms with Crippen molar-refractivity contribution in [3.63, 3.8) is 0 Å². The van der Waals surface area contributed by atoms with Gasteiger partial charge in [-0.15, -0.1) is 0 Å².